The van der Waals surface area contributed by atoms with Crippen LogP contribution >= 0.6 is 0 Å². The Hall–Kier alpha value is -1.24. The van der Waals surface area contributed by atoms with E-state index in [-0.39, 0.29) is 0 Å². The highest BCUT2D eigenvalue weighted by Crippen LogP contribution is 2.10. The molecular formula is C10H11O. The number of phenols is 1. The normalized spacial score (nSPS) is 10.6. The van der Waals surface area contributed by atoms with E-state index in [9.17, 15) is 0 Å². The summed E-state index contributed by atoms with van der Waals surface area (Å²) < 4.78 is 0. The number of aromatic hydroxyl groups is 1. The van der Waals surface area contributed by atoms with Gasteiger partial charge in [0.25, 0.3) is 0 Å². The first-order chi connectivity index (χ1) is 5.33. The second kappa shape index (κ2) is 3.81. The number of hydrogen-bond acceptors (Lipinski definition) is 1. The Bertz CT molecular complexity index is 234. The third-order valence-corrected chi connectivity index (χ3v) is 1.37. The molecule has 0 saturated heterocycles. The largest absolute Gasteiger partial charge is 0.508 e. The molecule has 1 rings (SSSR count). The molecule has 1 N–H and O–H groups in total. The highest BCUT2D eigenvalue weighted by Gasteiger charge is 1.85. The topological polar surface area (TPSA) is 20.2 Å². The van der Waals surface area contributed by atoms with Gasteiger partial charge >= 0.3 is 0 Å². The average Bonchev–Trinajstić information content (AvgIpc) is 2.04. The van der Waals surface area contributed by atoms with Crippen molar-refractivity contribution >= 4 is 6.08 Å². The summed E-state index contributed by atoms with van der Waals surface area (Å²) in [6, 6.07) is 7.06. The van der Waals surface area contributed by atoms with Crippen molar-refractivity contribution in [1.82, 2.24) is 0 Å². The molecule has 11 heavy (non-hydrogen) atoms. The molecule has 0 spiro atoms. The molecule has 0 bridgehead atoms. The molecule has 1 heteroatoms. The second-order valence-corrected chi connectivity index (χ2v) is 2.28. The van der Waals surface area contributed by atoms with Gasteiger partial charge in [-0.2, -0.15) is 0 Å². The van der Waals surface area contributed by atoms with Crippen LogP contribution in [-0.2, 0) is 0 Å². The molecule has 0 amide bonds. The van der Waals surface area contributed by atoms with Crippen LogP contribution in [-0.4, -0.2) is 5.11 Å². The summed E-state index contributed by atoms with van der Waals surface area (Å²) >= 11 is 0. The number of phenolic OH excluding ortho intramolecular Hbond substituents is 1. The van der Waals surface area contributed by atoms with Crippen LogP contribution in [0, 0.1) is 6.92 Å². The highest BCUT2D eigenvalue weighted by atomic mass is 16.3. The fourth-order valence-electron chi connectivity index (χ4n) is 0.805. The van der Waals surface area contributed by atoms with E-state index in [2.05, 4.69) is 6.92 Å². The minimum absolute atomic E-state index is 0.303. The highest BCUT2D eigenvalue weighted by molar-refractivity contribution is 5.50. The fourth-order valence-corrected chi connectivity index (χ4v) is 0.805. The van der Waals surface area contributed by atoms with E-state index in [1.54, 1.807) is 12.1 Å². The summed E-state index contributed by atoms with van der Waals surface area (Å²) in [5, 5.41) is 8.95. The Balaban J connectivity index is 2.73. The zero-order chi connectivity index (χ0) is 8.10. The van der Waals surface area contributed by atoms with Crippen LogP contribution in [0.4, 0.5) is 0 Å². The lowest BCUT2D eigenvalue weighted by atomic mass is 10.2. The van der Waals surface area contributed by atoms with Crippen LogP contribution in [0.3, 0.4) is 0 Å². The molecule has 1 nitrogen and oxygen atoms in total. The summed E-state index contributed by atoms with van der Waals surface area (Å²) in [4.78, 5) is 0. The van der Waals surface area contributed by atoms with Crippen molar-refractivity contribution in [1.29, 1.82) is 0 Å². The molecule has 0 atom stereocenters. The predicted molar refractivity (Wildman–Crippen MR) is 47.1 cm³/mol. The Kier molecular flexibility index (Phi) is 2.73. The van der Waals surface area contributed by atoms with Crippen molar-refractivity contribution in [2.24, 2.45) is 0 Å². The number of allylic oxidation sites excluding steroid dienone is 1. The minimum Gasteiger partial charge on any atom is -0.508 e. The second-order valence-electron chi connectivity index (χ2n) is 2.28. The first kappa shape index (κ1) is 7.86. The van der Waals surface area contributed by atoms with Gasteiger partial charge in [0.15, 0.2) is 0 Å². The zero-order valence-corrected chi connectivity index (χ0v) is 6.33. The molecule has 0 aromatic heterocycles. The molecule has 0 aliphatic carbocycles. The smallest absolute Gasteiger partial charge is 0.115 e. The van der Waals surface area contributed by atoms with Crippen LogP contribution in [0.15, 0.2) is 30.3 Å². The predicted octanol–water partition coefficient (Wildman–Crippen LogP) is 2.63. The maximum absolute atomic E-state index is 8.95. The molecule has 1 aromatic rings. The quantitative estimate of drug-likeness (QED) is 0.681. The van der Waals surface area contributed by atoms with Crippen LogP contribution in [0.5, 0.6) is 5.75 Å². The van der Waals surface area contributed by atoms with Gasteiger partial charge in [0, 0.05) is 0 Å². The molecule has 1 aromatic carbocycles. The van der Waals surface area contributed by atoms with Crippen molar-refractivity contribution in [3.63, 3.8) is 0 Å². The first-order valence-corrected chi connectivity index (χ1v) is 3.58. The SMILES string of the molecule is [CH2]CC=Cc1ccc(O)cc1. The summed E-state index contributed by atoms with van der Waals surface area (Å²) in [6.07, 6.45) is 4.75. The minimum atomic E-state index is 0.303. The Morgan fingerprint density at radius 2 is 1.91 bits per heavy atom. The van der Waals surface area contributed by atoms with Crippen molar-refractivity contribution in [2.45, 2.75) is 6.42 Å². The molecule has 1 radical (unpaired) electrons. The van der Waals surface area contributed by atoms with E-state index in [4.69, 9.17) is 5.11 Å². The van der Waals surface area contributed by atoms with Crippen molar-refractivity contribution < 1.29 is 5.11 Å². The summed E-state index contributed by atoms with van der Waals surface area (Å²) in [6.45, 7) is 3.68. The van der Waals surface area contributed by atoms with Crippen molar-refractivity contribution in [3.05, 3.63) is 42.8 Å². The van der Waals surface area contributed by atoms with Gasteiger partial charge in [-0.1, -0.05) is 24.3 Å². The van der Waals surface area contributed by atoms with E-state index < -0.39 is 0 Å². The summed E-state index contributed by atoms with van der Waals surface area (Å²) in [5.74, 6) is 0.303. The van der Waals surface area contributed by atoms with Gasteiger partial charge in [-0.05, 0) is 31.0 Å². The summed E-state index contributed by atoms with van der Waals surface area (Å²) in [5.41, 5.74) is 1.09. The van der Waals surface area contributed by atoms with Crippen LogP contribution in [0.2, 0.25) is 0 Å². The van der Waals surface area contributed by atoms with Crippen LogP contribution in [0.25, 0.3) is 6.08 Å². The molecule has 0 aliphatic heterocycles. The number of hydrogen-bond donors (Lipinski definition) is 1. The van der Waals surface area contributed by atoms with Crippen LogP contribution < -0.4 is 0 Å². The lowest BCUT2D eigenvalue weighted by Crippen LogP contribution is -1.69. The van der Waals surface area contributed by atoms with Crippen molar-refractivity contribution in [2.75, 3.05) is 0 Å². The zero-order valence-electron chi connectivity index (χ0n) is 6.33. The van der Waals surface area contributed by atoms with Gasteiger partial charge in [-0.3, -0.25) is 0 Å². The third-order valence-electron chi connectivity index (χ3n) is 1.37. The average molecular weight is 147 g/mol. The maximum atomic E-state index is 8.95. The van der Waals surface area contributed by atoms with Gasteiger partial charge in [0.2, 0.25) is 0 Å². The molecule has 0 fully saturated rings. The van der Waals surface area contributed by atoms with E-state index in [0.717, 1.165) is 12.0 Å². The van der Waals surface area contributed by atoms with Gasteiger partial charge in [-0.15, -0.1) is 0 Å². The Labute approximate surface area is 67.0 Å². The van der Waals surface area contributed by atoms with E-state index in [1.807, 2.05) is 24.3 Å². The molecular weight excluding hydrogens is 136 g/mol. The van der Waals surface area contributed by atoms with Gasteiger partial charge < -0.3 is 5.11 Å². The molecule has 0 heterocycles. The lowest BCUT2D eigenvalue weighted by Gasteiger charge is -1.92. The van der Waals surface area contributed by atoms with Gasteiger partial charge in [-0.25, -0.2) is 0 Å². The molecule has 0 aliphatic rings. The molecule has 0 unspecified atom stereocenters. The standard InChI is InChI=1S/C10H11O/c1-2-3-4-9-5-7-10(11)8-6-9/h3-8,11H,1-2H2. The lowest BCUT2D eigenvalue weighted by molar-refractivity contribution is 0.475. The van der Waals surface area contributed by atoms with Gasteiger partial charge in [0.05, 0.1) is 0 Å². The van der Waals surface area contributed by atoms with E-state index in [0.29, 0.717) is 5.75 Å². The molecule has 57 valence electrons. The van der Waals surface area contributed by atoms with Crippen LogP contribution in [0.1, 0.15) is 12.0 Å². The Morgan fingerprint density at radius 1 is 1.27 bits per heavy atom. The van der Waals surface area contributed by atoms with E-state index >= 15 is 0 Å². The Morgan fingerprint density at radius 3 is 2.45 bits per heavy atom. The van der Waals surface area contributed by atoms with Gasteiger partial charge in [0.1, 0.15) is 5.75 Å². The van der Waals surface area contributed by atoms with Crippen molar-refractivity contribution in [3.8, 4) is 5.75 Å². The third kappa shape index (κ3) is 2.46. The first-order valence-electron chi connectivity index (χ1n) is 3.58. The summed E-state index contributed by atoms with van der Waals surface area (Å²) in [7, 11) is 0. The van der Waals surface area contributed by atoms with E-state index in [1.165, 1.54) is 0 Å². The fraction of sp³-hybridized carbons (Fsp3) is 0.100. The number of rotatable bonds is 2. The number of benzene rings is 1. The molecule has 0 saturated carbocycles. The maximum Gasteiger partial charge on any atom is 0.115 e. The monoisotopic (exact) mass is 147 g/mol.